The molecule has 3 aromatic rings. The predicted molar refractivity (Wildman–Crippen MR) is 151 cm³/mol. The van der Waals surface area contributed by atoms with Crippen molar-refractivity contribution in [1.82, 2.24) is 24.6 Å². The highest BCUT2D eigenvalue weighted by Crippen LogP contribution is 2.47. The quantitative estimate of drug-likeness (QED) is 0.521. The maximum absolute atomic E-state index is 13.5. The van der Waals surface area contributed by atoms with E-state index in [2.05, 4.69) is 25.3 Å². The number of rotatable bonds is 4. The minimum atomic E-state index is -0.524. The second kappa shape index (κ2) is 9.53. The van der Waals surface area contributed by atoms with E-state index in [0.717, 1.165) is 36.0 Å². The van der Waals surface area contributed by atoms with Crippen LogP contribution in [0.2, 0.25) is 0 Å². The third kappa shape index (κ3) is 4.75. The zero-order valence-corrected chi connectivity index (χ0v) is 23.7. The lowest BCUT2D eigenvalue weighted by molar-refractivity contribution is 0.0106. The maximum Gasteiger partial charge on any atom is 0.410 e. The van der Waals surface area contributed by atoms with Crippen LogP contribution in [0.1, 0.15) is 46.1 Å². The Morgan fingerprint density at radius 1 is 1.18 bits per heavy atom. The zero-order valence-electron chi connectivity index (χ0n) is 23.7. The summed E-state index contributed by atoms with van der Waals surface area (Å²) in [6.07, 6.45) is 5.99. The lowest BCUT2D eigenvalue weighted by Gasteiger charge is -2.43. The molecule has 5 heterocycles. The van der Waals surface area contributed by atoms with Crippen molar-refractivity contribution in [3.63, 3.8) is 0 Å². The van der Waals surface area contributed by atoms with Gasteiger partial charge in [-0.2, -0.15) is 10.1 Å². The molecule has 2 fully saturated rings. The molecule has 1 N–H and O–H groups in total. The van der Waals surface area contributed by atoms with Crippen LogP contribution >= 0.6 is 0 Å². The fourth-order valence-electron chi connectivity index (χ4n) is 5.70. The van der Waals surface area contributed by atoms with E-state index in [9.17, 15) is 9.59 Å². The minimum absolute atomic E-state index is 0.194. The van der Waals surface area contributed by atoms with Crippen molar-refractivity contribution in [3.05, 3.63) is 30.1 Å². The van der Waals surface area contributed by atoms with E-state index in [4.69, 9.17) is 9.47 Å². The van der Waals surface area contributed by atoms with Crippen LogP contribution in [-0.2, 0) is 18.2 Å². The number of amides is 3. The number of aryl methyl sites for hydroxylation is 1. The van der Waals surface area contributed by atoms with Gasteiger partial charge in [0.05, 0.1) is 12.1 Å². The highest BCUT2D eigenvalue weighted by Gasteiger charge is 2.54. The third-order valence-electron chi connectivity index (χ3n) is 7.62. The summed E-state index contributed by atoms with van der Waals surface area (Å²) in [4.78, 5) is 41.4. The van der Waals surface area contributed by atoms with Gasteiger partial charge in [-0.25, -0.2) is 14.6 Å². The number of urea groups is 1. The SMILES string of the molecule is CCOc1nc2nn(C)cc2cc1NC(=O)N1CCc2c(N3CCN(C(=O)OC(C)(C)C)C4(CC4)C3)ccnc21. The number of carbonyl (C=O) groups excluding carboxylic acids is 2. The van der Waals surface area contributed by atoms with E-state index < -0.39 is 5.60 Å². The summed E-state index contributed by atoms with van der Waals surface area (Å²) in [5, 5.41) is 8.14. The molecule has 3 aliphatic rings. The highest BCUT2D eigenvalue weighted by molar-refractivity contribution is 6.04. The maximum atomic E-state index is 13.5. The van der Waals surface area contributed by atoms with E-state index in [0.29, 0.717) is 55.7 Å². The Balaban J connectivity index is 1.21. The Morgan fingerprint density at radius 2 is 1.98 bits per heavy atom. The molecule has 1 spiro atoms. The smallest absolute Gasteiger partial charge is 0.410 e. The molecule has 3 aromatic heterocycles. The van der Waals surface area contributed by atoms with Gasteiger partial charge in [-0.15, -0.1) is 0 Å². The lowest BCUT2D eigenvalue weighted by atomic mass is 10.1. The van der Waals surface area contributed by atoms with Gasteiger partial charge < -0.3 is 19.7 Å². The van der Waals surface area contributed by atoms with Crippen molar-refractivity contribution >= 4 is 40.4 Å². The number of aromatic nitrogens is 4. The minimum Gasteiger partial charge on any atom is -0.476 e. The standard InChI is InChI=1S/C28H36N8O4/c1-6-39-24-20(15-18-16-33(5)32-22(18)31-24)30-25(37)35-12-8-19-21(7-11-29-23(19)35)34-13-14-36(28(17-34)9-10-28)26(38)40-27(2,3)4/h7,11,15-16H,6,8-10,12-14,17H2,1-5H3,(H,30,37). The molecule has 0 bridgehead atoms. The Hall–Kier alpha value is -4.09. The number of pyridine rings is 2. The van der Waals surface area contributed by atoms with Gasteiger partial charge in [0.1, 0.15) is 17.1 Å². The molecule has 0 atom stereocenters. The number of ether oxygens (including phenoxy) is 2. The van der Waals surface area contributed by atoms with E-state index in [1.54, 1.807) is 15.8 Å². The van der Waals surface area contributed by atoms with Crippen molar-refractivity contribution in [3.8, 4) is 5.88 Å². The number of hydrogen-bond acceptors (Lipinski definition) is 8. The normalized spacial score (nSPS) is 17.8. The Morgan fingerprint density at radius 3 is 2.70 bits per heavy atom. The summed E-state index contributed by atoms with van der Waals surface area (Å²) in [6, 6.07) is 3.56. The van der Waals surface area contributed by atoms with Crippen LogP contribution < -0.4 is 19.9 Å². The van der Waals surface area contributed by atoms with E-state index in [1.807, 2.05) is 58.0 Å². The second-order valence-electron chi connectivity index (χ2n) is 11.7. The number of fused-ring (bicyclic) bond motifs is 2. The van der Waals surface area contributed by atoms with Crippen LogP contribution in [-0.4, -0.2) is 80.7 Å². The number of anilines is 3. The van der Waals surface area contributed by atoms with E-state index >= 15 is 0 Å². The molecule has 1 saturated heterocycles. The zero-order chi connectivity index (χ0) is 28.2. The number of nitrogens with one attached hydrogen (secondary N) is 1. The van der Waals surface area contributed by atoms with Crippen molar-refractivity contribution in [2.24, 2.45) is 7.05 Å². The molecular formula is C28H36N8O4. The number of nitrogens with zero attached hydrogens (tertiary/aromatic N) is 7. The van der Waals surface area contributed by atoms with Crippen molar-refractivity contribution < 1.29 is 19.1 Å². The van der Waals surface area contributed by atoms with Gasteiger partial charge in [0, 0.05) is 62.3 Å². The second-order valence-corrected chi connectivity index (χ2v) is 11.7. The fraction of sp³-hybridized carbons (Fsp3) is 0.536. The monoisotopic (exact) mass is 548 g/mol. The third-order valence-corrected chi connectivity index (χ3v) is 7.62. The van der Waals surface area contributed by atoms with Gasteiger partial charge >= 0.3 is 12.1 Å². The molecule has 12 nitrogen and oxygen atoms in total. The average molecular weight is 549 g/mol. The van der Waals surface area contributed by atoms with Crippen molar-refractivity contribution in [1.29, 1.82) is 0 Å². The van der Waals surface area contributed by atoms with Gasteiger partial charge in [-0.05, 0) is 59.1 Å². The first-order valence-corrected chi connectivity index (χ1v) is 13.9. The average Bonchev–Trinajstić information content (AvgIpc) is 3.33. The molecule has 0 aromatic carbocycles. The summed E-state index contributed by atoms with van der Waals surface area (Å²) in [5.74, 6) is 0.989. The summed E-state index contributed by atoms with van der Waals surface area (Å²) in [5.41, 5.74) is 2.45. The summed E-state index contributed by atoms with van der Waals surface area (Å²) in [6.45, 7) is 10.5. The molecule has 212 valence electrons. The van der Waals surface area contributed by atoms with Gasteiger partial charge in [0.2, 0.25) is 5.88 Å². The van der Waals surface area contributed by atoms with Crippen LogP contribution in [0.25, 0.3) is 11.0 Å². The number of piperazine rings is 1. The van der Waals surface area contributed by atoms with Crippen molar-refractivity contribution in [2.75, 3.05) is 47.9 Å². The van der Waals surface area contributed by atoms with Crippen LogP contribution in [0, 0.1) is 0 Å². The Kier molecular flexibility index (Phi) is 6.23. The molecule has 1 saturated carbocycles. The highest BCUT2D eigenvalue weighted by atomic mass is 16.6. The van der Waals surface area contributed by atoms with E-state index in [-0.39, 0.29) is 17.7 Å². The molecule has 1 aliphatic carbocycles. The topological polar surface area (TPSA) is 118 Å². The summed E-state index contributed by atoms with van der Waals surface area (Å²) in [7, 11) is 1.83. The first-order chi connectivity index (χ1) is 19.1. The van der Waals surface area contributed by atoms with E-state index in [1.165, 1.54) is 0 Å². The van der Waals surface area contributed by atoms with Gasteiger partial charge in [-0.1, -0.05) is 0 Å². The first-order valence-electron chi connectivity index (χ1n) is 13.9. The predicted octanol–water partition coefficient (Wildman–Crippen LogP) is 3.95. The molecule has 3 amide bonds. The molecule has 0 unspecified atom stereocenters. The largest absolute Gasteiger partial charge is 0.476 e. The van der Waals surface area contributed by atoms with Crippen LogP contribution in [0.15, 0.2) is 24.5 Å². The van der Waals surface area contributed by atoms with Gasteiger partial charge in [-0.3, -0.25) is 14.5 Å². The molecule has 0 radical (unpaired) electrons. The number of carbonyl (C=O) groups is 2. The van der Waals surface area contributed by atoms with Gasteiger partial charge in [0.25, 0.3) is 0 Å². The summed E-state index contributed by atoms with van der Waals surface area (Å²) >= 11 is 0. The molecule has 40 heavy (non-hydrogen) atoms. The first kappa shape index (κ1) is 26.1. The lowest BCUT2D eigenvalue weighted by Crippen LogP contribution is -2.58. The van der Waals surface area contributed by atoms with Gasteiger partial charge in [0.15, 0.2) is 5.65 Å². The Labute approximate surface area is 233 Å². The Bertz CT molecular complexity index is 1470. The summed E-state index contributed by atoms with van der Waals surface area (Å²) < 4.78 is 13.1. The van der Waals surface area contributed by atoms with Crippen LogP contribution in [0.4, 0.5) is 26.8 Å². The van der Waals surface area contributed by atoms with Crippen LogP contribution in [0.3, 0.4) is 0 Å². The fourth-order valence-corrected chi connectivity index (χ4v) is 5.70. The molecular weight excluding hydrogens is 512 g/mol. The molecule has 12 heteroatoms. The molecule has 6 rings (SSSR count). The number of hydrogen-bond donors (Lipinski definition) is 1. The van der Waals surface area contributed by atoms with Crippen LogP contribution in [0.5, 0.6) is 5.88 Å². The molecule has 2 aliphatic heterocycles. The van der Waals surface area contributed by atoms with Crippen molar-refractivity contribution in [2.45, 2.75) is 58.1 Å².